The largest absolute Gasteiger partial charge is 0.460 e. The molecular formula is C20H36N4O6. The van der Waals surface area contributed by atoms with E-state index in [1.165, 1.54) is 9.80 Å². The van der Waals surface area contributed by atoms with Gasteiger partial charge in [-0.25, -0.2) is 19.2 Å². The highest BCUT2D eigenvalue weighted by atomic mass is 16.5. The van der Waals surface area contributed by atoms with Gasteiger partial charge in [0.05, 0.1) is 12.1 Å². The van der Waals surface area contributed by atoms with Crippen molar-refractivity contribution in [2.75, 3.05) is 41.4 Å². The van der Waals surface area contributed by atoms with Crippen LogP contribution < -0.4 is 10.6 Å². The molecule has 2 N–H and O–H groups in total. The van der Waals surface area contributed by atoms with Crippen molar-refractivity contribution in [1.82, 2.24) is 20.4 Å². The van der Waals surface area contributed by atoms with Gasteiger partial charge in [-0.3, -0.25) is 0 Å². The summed E-state index contributed by atoms with van der Waals surface area (Å²) in [5.41, 5.74) is 0. The predicted molar refractivity (Wildman–Crippen MR) is 113 cm³/mol. The first-order chi connectivity index (χ1) is 13.8. The van der Waals surface area contributed by atoms with Crippen molar-refractivity contribution in [2.24, 2.45) is 11.8 Å². The zero-order chi connectivity index (χ0) is 23.4. The zero-order valence-corrected chi connectivity index (χ0v) is 19.2. The maximum atomic E-state index is 11.9. The summed E-state index contributed by atoms with van der Waals surface area (Å²) in [6.07, 6.45) is 1.94. The van der Waals surface area contributed by atoms with Gasteiger partial charge in [0.1, 0.15) is 13.2 Å². The summed E-state index contributed by atoms with van der Waals surface area (Å²) in [5.74, 6) is -1.36. The predicted octanol–water partition coefficient (Wildman–Crippen LogP) is 1.22. The fourth-order valence-corrected chi connectivity index (χ4v) is 1.95. The summed E-state index contributed by atoms with van der Waals surface area (Å²) >= 11 is 0. The van der Waals surface area contributed by atoms with Gasteiger partial charge < -0.3 is 29.9 Å². The molecule has 10 heteroatoms. The molecule has 0 saturated heterocycles. The van der Waals surface area contributed by atoms with Gasteiger partial charge in [0.2, 0.25) is 0 Å². The Morgan fingerprint density at radius 3 is 1.23 bits per heavy atom. The molecule has 4 amide bonds. The lowest BCUT2D eigenvalue weighted by atomic mass is 10.1. The number of nitrogens with zero attached hydrogens (tertiary/aromatic N) is 2. The van der Waals surface area contributed by atoms with Crippen LogP contribution >= 0.6 is 0 Å². The van der Waals surface area contributed by atoms with Crippen molar-refractivity contribution in [2.45, 2.75) is 39.8 Å². The Morgan fingerprint density at radius 1 is 0.700 bits per heavy atom. The van der Waals surface area contributed by atoms with Crippen molar-refractivity contribution >= 4 is 24.0 Å². The van der Waals surface area contributed by atoms with Crippen LogP contribution in [0, 0.1) is 11.8 Å². The number of amides is 4. The second-order valence-corrected chi connectivity index (χ2v) is 7.98. The minimum atomic E-state index is -0.724. The first-order valence-corrected chi connectivity index (χ1v) is 9.82. The number of urea groups is 2. The van der Waals surface area contributed by atoms with E-state index in [1.807, 2.05) is 27.7 Å². The number of ether oxygens (including phenoxy) is 2. The van der Waals surface area contributed by atoms with Gasteiger partial charge in [-0.15, -0.1) is 0 Å². The number of nitrogens with one attached hydrogen (secondary N) is 2. The quantitative estimate of drug-likeness (QED) is 0.399. The Labute approximate surface area is 178 Å². The average Bonchev–Trinajstić information content (AvgIpc) is 2.65. The second kappa shape index (κ2) is 13.4. The molecular weight excluding hydrogens is 392 g/mol. The smallest absolute Gasteiger partial charge is 0.331 e. The maximum absolute atomic E-state index is 11.9. The number of hydrogen-bond donors (Lipinski definition) is 2. The van der Waals surface area contributed by atoms with Crippen LogP contribution in [0.15, 0.2) is 12.2 Å². The summed E-state index contributed by atoms with van der Waals surface area (Å²) in [4.78, 5) is 50.0. The fraction of sp³-hybridized carbons (Fsp3) is 0.700. The van der Waals surface area contributed by atoms with Crippen LogP contribution in [0.5, 0.6) is 0 Å². The molecule has 0 aliphatic heterocycles. The summed E-state index contributed by atoms with van der Waals surface area (Å²) < 4.78 is 10.2. The van der Waals surface area contributed by atoms with Crippen LogP contribution in [-0.4, -0.2) is 87.3 Å². The molecule has 0 aliphatic rings. The van der Waals surface area contributed by atoms with Gasteiger partial charge in [0, 0.05) is 40.3 Å². The third-order valence-corrected chi connectivity index (χ3v) is 4.21. The van der Waals surface area contributed by atoms with E-state index in [1.54, 1.807) is 28.2 Å². The number of rotatable bonds is 10. The SMILES string of the molecule is CC(C)[C@@H](COC(=O)/C=C/C(=O)OC[C@@H](NC(=O)N(C)C)C(C)C)NC(=O)N(C)C. The Balaban J connectivity index is 4.56. The normalized spacial score (nSPS) is 13.0. The van der Waals surface area contributed by atoms with Crippen LogP contribution in [-0.2, 0) is 19.1 Å². The molecule has 0 saturated carbocycles. The highest BCUT2D eigenvalue weighted by Crippen LogP contribution is 2.05. The molecule has 10 nitrogen and oxygen atoms in total. The van der Waals surface area contributed by atoms with E-state index in [4.69, 9.17) is 9.47 Å². The topological polar surface area (TPSA) is 117 Å². The molecule has 0 radical (unpaired) electrons. The summed E-state index contributed by atoms with van der Waals surface area (Å²) in [6.45, 7) is 7.51. The van der Waals surface area contributed by atoms with Gasteiger partial charge >= 0.3 is 24.0 Å². The van der Waals surface area contributed by atoms with Gasteiger partial charge in [-0.2, -0.15) is 0 Å². The first-order valence-electron chi connectivity index (χ1n) is 9.82. The molecule has 0 aliphatic carbocycles. The summed E-state index contributed by atoms with van der Waals surface area (Å²) in [6, 6.07) is -1.30. The lowest BCUT2D eigenvalue weighted by Gasteiger charge is -2.24. The van der Waals surface area contributed by atoms with Crippen LogP contribution in [0.4, 0.5) is 9.59 Å². The minimum absolute atomic E-state index is 0.0263. The Bertz CT molecular complexity index is 564. The lowest BCUT2D eigenvalue weighted by molar-refractivity contribution is -0.141. The monoisotopic (exact) mass is 428 g/mol. The minimum Gasteiger partial charge on any atom is -0.460 e. The van der Waals surface area contributed by atoms with Crippen molar-refractivity contribution in [3.63, 3.8) is 0 Å². The second-order valence-electron chi connectivity index (χ2n) is 7.98. The molecule has 0 fully saturated rings. The van der Waals surface area contributed by atoms with E-state index in [2.05, 4.69) is 10.6 Å². The highest BCUT2D eigenvalue weighted by Gasteiger charge is 2.20. The molecule has 0 aromatic rings. The van der Waals surface area contributed by atoms with Gasteiger partial charge in [0.15, 0.2) is 0 Å². The highest BCUT2D eigenvalue weighted by molar-refractivity contribution is 5.91. The Kier molecular flexibility index (Phi) is 12.2. The molecule has 0 aromatic carbocycles. The molecule has 0 unspecified atom stereocenters. The van der Waals surface area contributed by atoms with Crippen molar-refractivity contribution in [3.8, 4) is 0 Å². The third kappa shape index (κ3) is 11.3. The molecule has 30 heavy (non-hydrogen) atoms. The summed E-state index contributed by atoms with van der Waals surface area (Å²) in [5, 5.41) is 5.52. The van der Waals surface area contributed by atoms with E-state index in [0.29, 0.717) is 0 Å². The molecule has 172 valence electrons. The molecule has 0 aromatic heterocycles. The third-order valence-electron chi connectivity index (χ3n) is 4.21. The number of carbonyl (C=O) groups is 4. The first kappa shape index (κ1) is 27.2. The van der Waals surface area contributed by atoms with E-state index in [-0.39, 0.29) is 49.2 Å². The Hall–Kier alpha value is -2.78. The van der Waals surface area contributed by atoms with Crippen LogP contribution in [0.25, 0.3) is 0 Å². The van der Waals surface area contributed by atoms with Crippen LogP contribution in [0.1, 0.15) is 27.7 Å². The van der Waals surface area contributed by atoms with E-state index in [9.17, 15) is 19.2 Å². The van der Waals surface area contributed by atoms with Crippen molar-refractivity contribution < 1.29 is 28.7 Å². The van der Waals surface area contributed by atoms with Crippen LogP contribution in [0.2, 0.25) is 0 Å². The molecule has 0 heterocycles. The maximum Gasteiger partial charge on any atom is 0.331 e. The van der Waals surface area contributed by atoms with Gasteiger partial charge in [0.25, 0.3) is 0 Å². The number of hydrogen-bond acceptors (Lipinski definition) is 6. The van der Waals surface area contributed by atoms with E-state index < -0.39 is 11.9 Å². The number of carbonyl (C=O) groups excluding carboxylic acids is 4. The lowest BCUT2D eigenvalue weighted by Crippen LogP contribution is -2.46. The van der Waals surface area contributed by atoms with Gasteiger partial charge in [-0.05, 0) is 11.8 Å². The fourth-order valence-electron chi connectivity index (χ4n) is 1.95. The average molecular weight is 429 g/mol. The van der Waals surface area contributed by atoms with Crippen LogP contribution in [0.3, 0.4) is 0 Å². The zero-order valence-electron chi connectivity index (χ0n) is 19.2. The van der Waals surface area contributed by atoms with E-state index >= 15 is 0 Å². The molecule has 0 spiro atoms. The molecule has 2 atom stereocenters. The van der Waals surface area contributed by atoms with Gasteiger partial charge in [-0.1, -0.05) is 27.7 Å². The number of esters is 2. The summed E-state index contributed by atoms with van der Waals surface area (Å²) in [7, 11) is 6.46. The van der Waals surface area contributed by atoms with Crippen molar-refractivity contribution in [3.05, 3.63) is 12.2 Å². The molecule has 0 rings (SSSR count). The molecule has 0 bridgehead atoms. The van der Waals surface area contributed by atoms with Crippen molar-refractivity contribution in [1.29, 1.82) is 0 Å². The van der Waals surface area contributed by atoms with E-state index in [0.717, 1.165) is 12.2 Å². The Morgan fingerprint density at radius 2 is 1.00 bits per heavy atom. The standard InChI is InChI=1S/C20H36N4O6/c1-13(2)15(21-19(27)23(5)6)11-29-17(25)9-10-18(26)30-12-16(14(3)4)22-20(28)24(7)8/h9-10,13-16H,11-12H2,1-8H3,(H,21,27)(H,22,28)/b10-9+/t15-,16-/m1/s1.